The van der Waals surface area contributed by atoms with Gasteiger partial charge >= 0.3 is 0 Å². The molecule has 0 spiro atoms. The van der Waals surface area contributed by atoms with Gasteiger partial charge < -0.3 is 0 Å². The number of carbonyl (C=O) groups excluding carboxylic acids is 2. The first kappa shape index (κ1) is 17.1. The summed E-state index contributed by atoms with van der Waals surface area (Å²) in [6, 6.07) is 6.84. The summed E-state index contributed by atoms with van der Waals surface area (Å²) in [4.78, 5) is 28.0. The van der Waals surface area contributed by atoms with Crippen LogP contribution in [0.4, 0.5) is 0 Å². The second-order valence-corrected chi connectivity index (χ2v) is 8.21. The number of imide groups is 1. The molecule has 0 aliphatic carbocycles. The van der Waals surface area contributed by atoms with Gasteiger partial charge in [0.05, 0.1) is 16.9 Å². The third-order valence-corrected chi connectivity index (χ3v) is 6.49. The molecule has 0 atom stereocenters. The highest BCUT2D eigenvalue weighted by atomic mass is 32.2. The van der Waals surface area contributed by atoms with Crippen LogP contribution in [0.1, 0.15) is 27.6 Å². The van der Waals surface area contributed by atoms with Crippen molar-refractivity contribution >= 4 is 21.8 Å². The van der Waals surface area contributed by atoms with Crippen molar-refractivity contribution in [3.8, 4) is 0 Å². The predicted molar refractivity (Wildman–Crippen MR) is 89.3 cm³/mol. The fourth-order valence-corrected chi connectivity index (χ4v) is 4.18. The van der Waals surface area contributed by atoms with E-state index in [0.29, 0.717) is 50.4 Å². The van der Waals surface area contributed by atoms with Crippen LogP contribution in [0.25, 0.3) is 0 Å². The van der Waals surface area contributed by atoms with Gasteiger partial charge in [-0.1, -0.05) is 12.1 Å². The Labute approximate surface area is 141 Å². The van der Waals surface area contributed by atoms with Crippen LogP contribution >= 0.6 is 0 Å². The van der Waals surface area contributed by atoms with Gasteiger partial charge in [-0.3, -0.25) is 19.4 Å². The van der Waals surface area contributed by atoms with E-state index in [1.807, 2.05) is 0 Å². The van der Waals surface area contributed by atoms with E-state index in [2.05, 4.69) is 4.90 Å². The van der Waals surface area contributed by atoms with Gasteiger partial charge in [0.15, 0.2) is 0 Å². The summed E-state index contributed by atoms with van der Waals surface area (Å²) in [5.41, 5.74) is 0.919. The maximum atomic E-state index is 12.3. The van der Waals surface area contributed by atoms with Crippen molar-refractivity contribution in [3.05, 3.63) is 35.4 Å². The maximum Gasteiger partial charge on any atom is 0.261 e. The number of benzene rings is 1. The number of hydrogen-bond acceptors (Lipinski definition) is 5. The van der Waals surface area contributed by atoms with Gasteiger partial charge in [-0.15, -0.1) is 0 Å². The maximum absolute atomic E-state index is 12.3. The van der Waals surface area contributed by atoms with E-state index >= 15 is 0 Å². The third kappa shape index (κ3) is 3.09. The Morgan fingerprint density at radius 2 is 1.46 bits per heavy atom. The van der Waals surface area contributed by atoms with E-state index in [1.54, 1.807) is 31.2 Å². The zero-order valence-electron chi connectivity index (χ0n) is 13.6. The highest BCUT2D eigenvalue weighted by Gasteiger charge is 2.35. The van der Waals surface area contributed by atoms with Crippen LogP contribution in [0.15, 0.2) is 24.3 Å². The number of fused-ring (bicyclic) bond motifs is 1. The molecule has 1 fully saturated rings. The zero-order valence-corrected chi connectivity index (χ0v) is 14.5. The lowest BCUT2D eigenvalue weighted by atomic mass is 10.1. The zero-order chi connectivity index (χ0) is 17.3. The summed E-state index contributed by atoms with van der Waals surface area (Å²) in [5.74, 6) is -0.382. The van der Waals surface area contributed by atoms with Gasteiger partial charge in [0, 0.05) is 39.3 Å². The number of carbonyl (C=O) groups is 2. The molecule has 7 nitrogen and oxygen atoms in total. The van der Waals surface area contributed by atoms with Gasteiger partial charge in [-0.25, -0.2) is 8.42 Å². The van der Waals surface area contributed by atoms with Gasteiger partial charge in [-0.05, 0) is 19.1 Å². The van der Waals surface area contributed by atoms with Crippen molar-refractivity contribution in [3.63, 3.8) is 0 Å². The lowest BCUT2D eigenvalue weighted by Gasteiger charge is -2.34. The van der Waals surface area contributed by atoms with Crippen molar-refractivity contribution < 1.29 is 18.0 Å². The van der Waals surface area contributed by atoms with Crippen LogP contribution in [0, 0.1) is 0 Å². The molecule has 0 radical (unpaired) electrons. The lowest BCUT2D eigenvalue weighted by molar-refractivity contribution is 0.0628. The Kier molecular flexibility index (Phi) is 4.71. The third-order valence-electron chi connectivity index (χ3n) is 4.61. The molecule has 1 aromatic carbocycles. The molecular weight excluding hydrogens is 330 g/mol. The smallest absolute Gasteiger partial charge is 0.261 e. The summed E-state index contributed by atoms with van der Waals surface area (Å²) >= 11 is 0. The quantitative estimate of drug-likeness (QED) is 0.711. The number of rotatable bonds is 5. The molecule has 3 rings (SSSR count). The van der Waals surface area contributed by atoms with E-state index < -0.39 is 10.0 Å². The SMILES string of the molecule is CCS(=O)(=O)N1CCN(CCN2C(=O)c3ccccc3C2=O)CC1. The highest BCUT2D eigenvalue weighted by Crippen LogP contribution is 2.22. The summed E-state index contributed by atoms with van der Waals surface area (Å²) in [6.07, 6.45) is 0. The first-order valence-corrected chi connectivity index (χ1v) is 9.70. The van der Waals surface area contributed by atoms with E-state index in [-0.39, 0.29) is 17.6 Å². The Bertz CT molecular complexity index is 719. The Hall–Kier alpha value is -1.77. The fourth-order valence-electron chi connectivity index (χ4n) is 3.10. The van der Waals surface area contributed by atoms with Crippen LogP contribution in [0.5, 0.6) is 0 Å². The summed E-state index contributed by atoms with van der Waals surface area (Å²) in [5, 5.41) is 0. The molecule has 8 heteroatoms. The molecule has 2 aliphatic rings. The molecule has 0 unspecified atom stereocenters. The lowest BCUT2D eigenvalue weighted by Crippen LogP contribution is -2.50. The standard InChI is InChI=1S/C16H21N3O4S/c1-2-24(22,23)18-10-7-17(8-11-18)9-12-19-15(20)13-5-3-4-6-14(13)16(19)21/h3-6H,2,7-12H2,1H3. The minimum atomic E-state index is -3.14. The molecule has 0 aromatic heterocycles. The number of piperazine rings is 1. The first-order valence-electron chi connectivity index (χ1n) is 8.09. The van der Waals surface area contributed by atoms with E-state index in [4.69, 9.17) is 0 Å². The number of hydrogen-bond donors (Lipinski definition) is 0. The minimum Gasteiger partial charge on any atom is -0.299 e. The van der Waals surface area contributed by atoms with Crippen molar-refractivity contribution in [2.24, 2.45) is 0 Å². The van der Waals surface area contributed by atoms with Gasteiger partial charge in [0.1, 0.15) is 0 Å². The molecule has 1 saturated heterocycles. The summed E-state index contributed by atoms with van der Waals surface area (Å²) in [6.45, 7) is 4.67. The van der Waals surface area contributed by atoms with E-state index in [1.165, 1.54) is 9.21 Å². The topological polar surface area (TPSA) is 78.0 Å². The molecular formula is C16H21N3O4S. The summed E-state index contributed by atoms with van der Waals surface area (Å²) < 4.78 is 25.2. The van der Waals surface area contributed by atoms with Gasteiger partial charge in [0.25, 0.3) is 11.8 Å². The van der Waals surface area contributed by atoms with Crippen molar-refractivity contribution in [2.45, 2.75) is 6.92 Å². The normalized spacial score (nSPS) is 19.8. The largest absolute Gasteiger partial charge is 0.299 e. The van der Waals surface area contributed by atoms with Crippen LogP contribution in [-0.2, 0) is 10.0 Å². The Morgan fingerprint density at radius 3 is 1.96 bits per heavy atom. The molecule has 0 N–H and O–H groups in total. The monoisotopic (exact) mass is 351 g/mol. The predicted octanol–water partition coefficient (Wildman–Crippen LogP) is 0.250. The van der Waals surface area contributed by atoms with Crippen LogP contribution in [-0.4, -0.2) is 79.4 Å². The molecule has 2 aliphatic heterocycles. The Morgan fingerprint density at radius 1 is 0.917 bits per heavy atom. The minimum absolute atomic E-state index is 0.113. The highest BCUT2D eigenvalue weighted by molar-refractivity contribution is 7.89. The fraction of sp³-hybridized carbons (Fsp3) is 0.500. The Balaban J connectivity index is 1.55. The molecule has 1 aromatic rings. The van der Waals surface area contributed by atoms with Crippen LogP contribution in [0.2, 0.25) is 0 Å². The molecule has 24 heavy (non-hydrogen) atoms. The molecule has 2 amide bonds. The molecule has 130 valence electrons. The van der Waals surface area contributed by atoms with E-state index in [9.17, 15) is 18.0 Å². The number of sulfonamides is 1. The first-order chi connectivity index (χ1) is 11.4. The average Bonchev–Trinajstić information content (AvgIpc) is 2.85. The molecule has 0 saturated carbocycles. The van der Waals surface area contributed by atoms with Crippen LogP contribution < -0.4 is 0 Å². The second-order valence-electron chi connectivity index (χ2n) is 5.95. The van der Waals surface area contributed by atoms with Crippen molar-refractivity contribution in [1.29, 1.82) is 0 Å². The second kappa shape index (κ2) is 6.62. The number of nitrogens with zero attached hydrogens (tertiary/aromatic N) is 3. The van der Waals surface area contributed by atoms with Crippen molar-refractivity contribution in [2.75, 3.05) is 45.0 Å². The average molecular weight is 351 g/mol. The number of amides is 2. The van der Waals surface area contributed by atoms with Crippen molar-refractivity contribution in [1.82, 2.24) is 14.1 Å². The van der Waals surface area contributed by atoms with Crippen LogP contribution in [0.3, 0.4) is 0 Å². The van der Waals surface area contributed by atoms with E-state index in [0.717, 1.165) is 0 Å². The van der Waals surface area contributed by atoms with Gasteiger partial charge in [0.2, 0.25) is 10.0 Å². The molecule has 2 heterocycles. The summed E-state index contributed by atoms with van der Waals surface area (Å²) in [7, 11) is -3.14. The molecule has 0 bridgehead atoms. The van der Waals surface area contributed by atoms with Gasteiger partial charge in [-0.2, -0.15) is 4.31 Å².